The number of nitrogens with two attached hydrogens (primary N) is 2. The van der Waals surface area contributed by atoms with E-state index in [0.717, 1.165) is 25.8 Å². The molecule has 1 heterocycles. The van der Waals surface area contributed by atoms with E-state index in [2.05, 4.69) is 88.3 Å². The number of unbranched alkanes of at least 4 members (excludes halogenated alkanes) is 2. The third kappa shape index (κ3) is 4.87. The van der Waals surface area contributed by atoms with E-state index in [0.29, 0.717) is 17.7 Å². The zero-order valence-corrected chi connectivity index (χ0v) is 19.2. The predicted molar refractivity (Wildman–Crippen MR) is 136 cm³/mol. The van der Waals surface area contributed by atoms with Crippen molar-refractivity contribution in [2.75, 3.05) is 12.3 Å². The third-order valence-electron chi connectivity index (χ3n) is 6.23. The fraction of sp³-hybridized carbons (Fsp3) is 0.214. The average molecular weight is 454 g/mol. The quantitative estimate of drug-likeness (QED) is 0.199. The summed E-state index contributed by atoms with van der Waals surface area (Å²) in [7, 11) is 0. The van der Waals surface area contributed by atoms with E-state index in [4.69, 9.17) is 11.5 Å². The van der Waals surface area contributed by atoms with Crippen LogP contribution in [0.3, 0.4) is 0 Å². The van der Waals surface area contributed by atoms with Crippen LogP contribution in [0, 0.1) is 0 Å². The van der Waals surface area contributed by atoms with Crippen LogP contribution in [-0.4, -0.2) is 22.6 Å². The molecular weight excluding hydrogens is 422 g/mol. The SMILES string of the molecule is NC(=O)c1c(N)n[nH]c1CCCCCNC(c1ccccc1)(c1ccccc1)c1ccccc1. The van der Waals surface area contributed by atoms with Gasteiger partial charge in [-0.1, -0.05) is 97.4 Å². The number of benzene rings is 3. The molecule has 1 aromatic heterocycles. The van der Waals surface area contributed by atoms with Crippen molar-refractivity contribution in [3.63, 3.8) is 0 Å². The second-order valence-corrected chi connectivity index (χ2v) is 8.41. The van der Waals surface area contributed by atoms with Gasteiger partial charge in [0, 0.05) is 0 Å². The Bertz CT molecular complexity index is 1090. The molecule has 6 heteroatoms. The number of rotatable bonds is 11. The summed E-state index contributed by atoms with van der Waals surface area (Å²) < 4.78 is 0. The molecule has 4 rings (SSSR count). The van der Waals surface area contributed by atoms with Gasteiger partial charge < -0.3 is 11.5 Å². The number of H-pyrrole nitrogens is 1. The van der Waals surface area contributed by atoms with Crippen molar-refractivity contribution < 1.29 is 4.79 Å². The lowest BCUT2D eigenvalue weighted by Crippen LogP contribution is -2.45. The molecule has 0 aliphatic heterocycles. The lowest BCUT2D eigenvalue weighted by Gasteiger charge is -2.37. The Hall–Kier alpha value is -3.90. The van der Waals surface area contributed by atoms with E-state index in [1.54, 1.807) is 0 Å². The first-order valence-electron chi connectivity index (χ1n) is 11.7. The first-order chi connectivity index (χ1) is 16.6. The van der Waals surface area contributed by atoms with E-state index < -0.39 is 11.4 Å². The highest BCUT2D eigenvalue weighted by atomic mass is 16.1. The van der Waals surface area contributed by atoms with Gasteiger partial charge in [-0.05, 0) is 42.5 Å². The molecular formula is C28H31N5O. The molecule has 34 heavy (non-hydrogen) atoms. The third-order valence-corrected chi connectivity index (χ3v) is 6.23. The Labute approximate surface area is 200 Å². The predicted octanol–water partition coefficient (Wildman–Crippen LogP) is 4.39. The molecule has 3 aromatic carbocycles. The van der Waals surface area contributed by atoms with Crippen LogP contribution in [0.1, 0.15) is 52.0 Å². The Morgan fingerprint density at radius 1 is 0.794 bits per heavy atom. The molecule has 6 N–H and O–H groups in total. The summed E-state index contributed by atoms with van der Waals surface area (Å²) in [5.41, 5.74) is 15.4. The highest BCUT2D eigenvalue weighted by molar-refractivity contribution is 5.98. The number of anilines is 1. The molecule has 0 saturated carbocycles. The second-order valence-electron chi connectivity index (χ2n) is 8.41. The van der Waals surface area contributed by atoms with Crippen molar-refractivity contribution in [2.24, 2.45) is 5.73 Å². The summed E-state index contributed by atoms with van der Waals surface area (Å²) in [6, 6.07) is 31.8. The van der Waals surface area contributed by atoms with E-state index in [1.165, 1.54) is 16.7 Å². The van der Waals surface area contributed by atoms with Crippen molar-refractivity contribution in [2.45, 2.75) is 31.2 Å². The summed E-state index contributed by atoms with van der Waals surface area (Å²) in [4.78, 5) is 11.6. The minimum atomic E-state index is -0.540. The Morgan fingerprint density at radius 3 is 1.76 bits per heavy atom. The fourth-order valence-electron chi connectivity index (χ4n) is 4.60. The number of aromatic nitrogens is 2. The molecule has 0 fully saturated rings. The number of nitrogens with zero attached hydrogens (tertiary/aromatic N) is 1. The first kappa shape index (κ1) is 23.3. The van der Waals surface area contributed by atoms with Gasteiger partial charge in [-0.2, -0.15) is 5.10 Å². The van der Waals surface area contributed by atoms with Gasteiger partial charge in [-0.15, -0.1) is 0 Å². The molecule has 6 nitrogen and oxygen atoms in total. The van der Waals surface area contributed by atoms with E-state index in [-0.39, 0.29) is 5.82 Å². The second kappa shape index (κ2) is 10.8. The highest BCUT2D eigenvalue weighted by Crippen LogP contribution is 2.36. The van der Waals surface area contributed by atoms with Crippen molar-refractivity contribution in [3.05, 3.63) is 119 Å². The van der Waals surface area contributed by atoms with Crippen molar-refractivity contribution in [3.8, 4) is 0 Å². The Kier molecular flexibility index (Phi) is 7.40. The summed E-state index contributed by atoms with van der Waals surface area (Å²) in [6.07, 6.45) is 3.55. The molecule has 0 bridgehead atoms. The molecule has 0 spiro atoms. The number of nitrogen functional groups attached to an aromatic ring is 1. The molecule has 4 aromatic rings. The minimum Gasteiger partial charge on any atom is -0.382 e. The molecule has 0 unspecified atom stereocenters. The van der Waals surface area contributed by atoms with Crippen LogP contribution in [-0.2, 0) is 12.0 Å². The number of carbonyl (C=O) groups excluding carboxylic acids is 1. The molecule has 0 aliphatic rings. The topological polar surface area (TPSA) is 110 Å². The van der Waals surface area contributed by atoms with Crippen LogP contribution in [0.25, 0.3) is 0 Å². The van der Waals surface area contributed by atoms with E-state index in [9.17, 15) is 4.79 Å². The lowest BCUT2D eigenvalue weighted by atomic mass is 9.77. The molecule has 174 valence electrons. The maximum Gasteiger partial charge on any atom is 0.254 e. The zero-order valence-electron chi connectivity index (χ0n) is 19.2. The van der Waals surface area contributed by atoms with Crippen LogP contribution < -0.4 is 16.8 Å². The molecule has 0 atom stereocenters. The summed E-state index contributed by atoms with van der Waals surface area (Å²) in [5, 5.41) is 10.7. The van der Waals surface area contributed by atoms with Crippen LogP contribution in [0.2, 0.25) is 0 Å². The number of carbonyl (C=O) groups is 1. The summed E-state index contributed by atoms with van der Waals surface area (Å²) in [5.74, 6) is -0.371. The molecule has 0 aliphatic carbocycles. The van der Waals surface area contributed by atoms with Gasteiger partial charge in [0.15, 0.2) is 5.82 Å². The fourth-order valence-corrected chi connectivity index (χ4v) is 4.60. The zero-order chi connectivity index (χ0) is 23.8. The molecule has 0 saturated heterocycles. The van der Waals surface area contributed by atoms with Gasteiger partial charge in [-0.3, -0.25) is 15.2 Å². The molecule has 0 radical (unpaired) electrons. The number of amides is 1. The van der Waals surface area contributed by atoms with E-state index >= 15 is 0 Å². The summed E-state index contributed by atoms with van der Waals surface area (Å²) in [6.45, 7) is 0.826. The van der Waals surface area contributed by atoms with E-state index in [1.807, 2.05) is 18.2 Å². The van der Waals surface area contributed by atoms with Crippen LogP contribution in [0.15, 0.2) is 91.0 Å². The Balaban J connectivity index is 1.50. The first-order valence-corrected chi connectivity index (χ1v) is 11.7. The number of aromatic amines is 1. The van der Waals surface area contributed by atoms with Crippen LogP contribution in [0.4, 0.5) is 5.82 Å². The average Bonchev–Trinajstić information content (AvgIpc) is 3.26. The highest BCUT2D eigenvalue weighted by Gasteiger charge is 2.35. The smallest absolute Gasteiger partial charge is 0.254 e. The number of primary amides is 1. The van der Waals surface area contributed by atoms with Crippen molar-refractivity contribution in [1.29, 1.82) is 0 Å². The number of hydrogen-bond donors (Lipinski definition) is 4. The van der Waals surface area contributed by atoms with Crippen molar-refractivity contribution >= 4 is 11.7 Å². The monoisotopic (exact) mass is 453 g/mol. The van der Waals surface area contributed by atoms with Gasteiger partial charge in [-0.25, -0.2) is 0 Å². The largest absolute Gasteiger partial charge is 0.382 e. The van der Waals surface area contributed by atoms with Gasteiger partial charge in [0.1, 0.15) is 5.56 Å². The van der Waals surface area contributed by atoms with Gasteiger partial charge in [0.05, 0.1) is 11.2 Å². The Morgan fingerprint density at radius 2 is 1.29 bits per heavy atom. The number of aryl methyl sites for hydroxylation is 1. The number of nitrogens with one attached hydrogen (secondary N) is 2. The standard InChI is InChI=1S/C28H31N5O/c29-26-25(27(30)34)24(32-33-26)19-11-4-12-20-31-28(21-13-5-1-6-14-21,22-15-7-2-8-16-22)23-17-9-3-10-18-23/h1-3,5-10,13-18,31H,4,11-12,19-20H2,(H2,30,34)(H3,29,32,33). The summed E-state index contributed by atoms with van der Waals surface area (Å²) >= 11 is 0. The number of hydrogen-bond acceptors (Lipinski definition) is 4. The van der Waals surface area contributed by atoms with Gasteiger partial charge in [0.25, 0.3) is 5.91 Å². The maximum atomic E-state index is 11.6. The van der Waals surface area contributed by atoms with Crippen LogP contribution in [0.5, 0.6) is 0 Å². The normalized spacial score (nSPS) is 11.4. The maximum absolute atomic E-state index is 11.6. The molecule has 1 amide bonds. The lowest BCUT2D eigenvalue weighted by molar-refractivity contribution is 0.1000. The van der Waals surface area contributed by atoms with Gasteiger partial charge >= 0.3 is 0 Å². The van der Waals surface area contributed by atoms with Crippen LogP contribution >= 0.6 is 0 Å². The minimum absolute atomic E-state index is 0.169. The van der Waals surface area contributed by atoms with Crippen molar-refractivity contribution in [1.82, 2.24) is 15.5 Å². The van der Waals surface area contributed by atoms with Gasteiger partial charge in [0.2, 0.25) is 0 Å².